The average molecular weight is 511 g/mol. The zero-order valence-corrected chi connectivity index (χ0v) is 20.2. The third-order valence-electron chi connectivity index (χ3n) is 5.15. The van der Waals surface area contributed by atoms with Gasteiger partial charge in [-0.15, -0.1) is 0 Å². The predicted octanol–water partition coefficient (Wildman–Crippen LogP) is -0.777. The lowest BCUT2D eigenvalue weighted by Gasteiger charge is -2.46. The Labute approximate surface area is 206 Å². The van der Waals surface area contributed by atoms with Crippen LogP contribution < -0.4 is 5.32 Å². The van der Waals surface area contributed by atoms with E-state index in [1.54, 1.807) is 18.2 Å². The highest BCUT2D eigenvalue weighted by molar-refractivity contribution is 5.89. The zero-order valence-electron chi connectivity index (χ0n) is 20.2. The van der Waals surface area contributed by atoms with Crippen LogP contribution in [0.2, 0.25) is 0 Å². The number of carbonyl (C=O) groups excluding carboxylic acids is 5. The molecule has 1 amide bonds. The predicted molar refractivity (Wildman–Crippen MR) is 118 cm³/mol. The molecule has 2 rings (SSSR count). The van der Waals surface area contributed by atoms with E-state index in [1.807, 2.05) is 0 Å². The monoisotopic (exact) mass is 511 g/mol. The summed E-state index contributed by atoms with van der Waals surface area (Å²) in [5.74, 6) is -7.10. The van der Waals surface area contributed by atoms with Gasteiger partial charge in [-0.3, -0.25) is 14.4 Å². The Balaban J connectivity index is 2.42. The van der Waals surface area contributed by atoms with E-state index in [9.17, 15) is 34.2 Å². The van der Waals surface area contributed by atoms with E-state index in [1.165, 1.54) is 12.1 Å². The highest BCUT2D eigenvalue weighted by atomic mass is 16.7. The first-order chi connectivity index (χ1) is 16.9. The van der Waals surface area contributed by atoms with Gasteiger partial charge >= 0.3 is 23.9 Å². The lowest BCUT2D eigenvalue weighted by Crippen LogP contribution is -2.68. The number of esters is 4. The Morgan fingerprint density at radius 2 is 1.75 bits per heavy atom. The summed E-state index contributed by atoms with van der Waals surface area (Å²) in [4.78, 5) is 60.1. The van der Waals surface area contributed by atoms with Crippen molar-refractivity contribution < 1.29 is 57.9 Å². The van der Waals surface area contributed by atoms with E-state index in [-0.39, 0.29) is 5.56 Å². The molecule has 0 aliphatic carbocycles. The van der Waals surface area contributed by atoms with Crippen molar-refractivity contribution in [2.45, 2.75) is 63.4 Å². The molecule has 1 saturated heterocycles. The maximum Gasteiger partial charge on any atom is 0.366 e. The Kier molecular flexibility index (Phi) is 9.90. The van der Waals surface area contributed by atoms with Crippen molar-refractivity contribution in [1.82, 2.24) is 5.32 Å². The number of amides is 1. The fraction of sp³-hybridized carbons (Fsp3) is 0.522. The van der Waals surface area contributed by atoms with Crippen molar-refractivity contribution in [3.63, 3.8) is 0 Å². The van der Waals surface area contributed by atoms with Crippen molar-refractivity contribution in [3.8, 4) is 0 Å². The van der Waals surface area contributed by atoms with Crippen LogP contribution in [0.25, 0.3) is 0 Å². The topological polar surface area (TPSA) is 184 Å². The Morgan fingerprint density at radius 3 is 2.28 bits per heavy atom. The number of aliphatic hydroxyl groups excluding tert-OH is 1. The molecule has 0 saturated carbocycles. The summed E-state index contributed by atoms with van der Waals surface area (Å²) in [6.45, 7) is 2.52. The van der Waals surface area contributed by atoms with Gasteiger partial charge in [0.25, 0.3) is 5.79 Å². The van der Waals surface area contributed by atoms with Crippen molar-refractivity contribution >= 4 is 29.8 Å². The lowest BCUT2D eigenvalue weighted by molar-refractivity contribution is -0.298. The molecule has 3 N–H and O–H groups in total. The van der Waals surface area contributed by atoms with Gasteiger partial charge < -0.3 is 39.2 Å². The van der Waals surface area contributed by atoms with Crippen LogP contribution in [0.3, 0.4) is 0 Å². The summed E-state index contributed by atoms with van der Waals surface area (Å²) in [7, 11) is 0.973. The average Bonchev–Trinajstić information content (AvgIpc) is 2.81. The van der Waals surface area contributed by atoms with Crippen molar-refractivity contribution in [2.75, 3.05) is 13.7 Å². The van der Waals surface area contributed by atoms with Crippen LogP contribution in [-0.4, -0.2) is 90.0 Å². The molecule has 1 aliphatic rings. The van der Waals surface area contributed by atoms with Gasteiger partial charge in [0.15, 0.2) is 6.10 Å². The van der Waals surface area contributed by atoms with E-state index >= 15 is 0 Å². The largest absolute Gasteiger partial charge is 0.465 e. The first-order valence-electron chi connectivity index (χ1n) is 10.9. The summed E-state index contributed by atoms with van der Waals surface area (Å²) in [6.07, 6.45) is -7.15. The first-order valence-corrected chi connectivity index (χ1v) is 10.9. The molecule has 6 atom stereocenters. The normalized spacial score (nSPS) is 25.0. The number of nitrogens with one attached hydrogen (secondary N) is 1. The van der Waals surface area contributed by atoms with E-state index in [4.69, 9.17) is 18.9 Å². The quantitative estimate of drug-likeness (QED) is 0.278. The molecule has 1 aromatic rings. The van der Waals surface area contributed by atoms with Crippen molar-refractivity contribution in [2.24, 2.45) is 0 Å². The number of carbonyl (C=O) groups is 5. The second-order valence-corrected chi connectivity index (χ2v) is 8.04. The molecule has 0 spiro atoms. The standard InChI is InChI=1S/C23H29NO12/c1-12(25)24-18-17(34-13(2)26)10-23(31,22(30)32-4)36-20(18)19(35-14(3)27)16(28)11-33-21(29)15-8-6-5-7-9-15/h5-9,16-20,28,31H,10-11H2,1-4H3,(H,24,25)/t16-,17+,18-,19-,20-,23+/m1/s1. The minimum Gasteiger partial charge on any atom is -0.465 e. The van der Waals surface area contributed by atoms with Gasteiger partial charge in [0.1, 0.15) is 24.9 Å². The van der Waals surface area contributed by atoms with E-state index in [0.717, 1.165) is 27.9 Å². The van der Waals surface area contributed by atoms with Crippen molar-refractivity contribution in [1.29, 1.82) is 0 Å². The SMILES string of the molecule is COC(=O)[C@]1(O)C[C@H](OC(C)=O)[C@@H](NC(C)=O)[C@H]([C@H](OC(C)=O)[C@H](O)COC(=O)c2ccccc2)O1. The van der Waals surface area contributed by atoms with Gasteiger partial charge in [-0.05, 0) is 12.1 Å². The van der Waals surface area contributed by atoms with Gasteiger partial charge in [-0.2, -0.15) is 0 Å². The first kappa shape index (κ1) is 28.7. The van der Waals surface area contributed by atoms with Crippen LogP contribution in [0.4, 0.5) is 0 Å². The number of hydrogen-bond acceptors (Lipinski definition) is 12. The number of methoxy groups -OCH3 is 1. The van der Waals surface area contributed by atoms with E-state index in [0.29, 0.717) is 0 Å². The van der Waals surface area contributed by atoms with E-state index in [2.05, 4.69) is 10.1 Å². The molecule has 1 aliphatic heterocycles. The van der Waals surface area contributed by atoms with Crippen LogP contribution in [0.1, 0.15) is 37.6 Å². The smallest absolute Gasteiger partial charge is 0.366 e. The molecule has 0 aromatic heterocycles. The van der Waals surface area contributed by atoms with Gasteiger partial charge in [-0.1, -0.05) is 18.2 Å². The van der Waals surface area contributed by atoms with E-state index < -0.39 is 79.1 Å². The molecular weight excluding hydrogens is 482 g/mol. The highest BCUT2D eigenvalue weighted by Gasteiger charge is 2.57. The number of ether oxygens (including phenoxy) is 5. The van der Waals surface area contributed by atoms with Crippen LogP contribution >= 0.6 is 0 Å². The number of hydrogen-bond donors (Lipinski definition) is 3. The third kappa shape index (κ3) is 7.47. The van der Waals surface area contributed by atoms with Gasteiger partial charge in [-0.25, -0.2) is 9.59 Å². The highest BCUT2D eigenvalue weighted by Crippen LogP contribution is 2.34. The maximum atomic E-state index is 12.3. The molecular formula is C23H29NO12. The molecule has 0 bridgehead atoms. The minimum absolute atomic E-state index is 0.189. The summed E-state index contributed by atoms with van der Waals surface area (Å²) >= 11 is 0. The van der Waals surface area contributed by atoms with Crippen LogP contribution in [-0.2, 0) is 42.9 Å². The fourth-order valence-electron chi connectivity index (χ4n) is 3.73. The van der Waals surface area contributed by atoms with Gasteiger partial charge in [0.05, 0.1) is 25.1 Å². The number of aliphatic hydroxyl groups is 2. The molecule has 13 nitrogen and oxygen atoms in total. The van der Waals surface area contributed by atoms with Gasteiger partial charge in [0, 0.05) is 20.8 Å². The zero-order chi connectivity index (χ0) is 27.0. The molecule has 0 radical (unpaired) electrons. The molecule has 1 heterocycles. The van der Waals surface area contributed by atoms with Crippen LogP contribution in [0.15, 0.2) is 30.3 Å². The maximum absolute atomic E-state index is 12.3. The molecule has 13 heteroatoms. The Hall–Kier alpha value is -3.55. The third-order valence-corrected chi connectivity index (χ3v) is 5.15. The summed E-state index contributed by atoms with van der Waals surface area (Å²) < 4.78 is 25.6. The van der Waals surface area contributed by atoms with Crippen molar-refractivity contribution in [3.05, 3.63) is 35.9 Å². The molecule has 36 heavy (non-hydrogen) atoms. The number of rotatable bonds is 9. The molecule has 1 fully saturated rings. The molecule has 198 valence electrons. The molecule has 1 aromatic carbocycles. The Morgan fingerprint density at radius 1 is 1.11 bits per heavy atom. The van der Waals surface area contributed by atoms with Gasteiger partial charge in [0.2, 0.25) is 5.91 Å². The Bertz CT molecular complexity index is 967. The lowest BCUT2D eigenvalue weighted by atomic mass is 9.88. The minimum atomic E-state index is -2.70. The van der Waals surface area contributed by atoms with Crippen LogP contribution in [0, 0.1) is 0 Å². The second kappa shape index (κ2) is 12.4. The van der Waals surface area contributed by atoms with Crippen LogP contribution in [0.5, 0.6) is 0 Å². The number of benzene rings is 1. The molecule has 0 unspecified atom stereocenters. The summed E-state index contributed by atoms with van der Waals surface area (Å²) in [5, 5.41) is 24.2. The second-order valence-electron chi connectivity index (χ2n) is 8.04. The summed E-state index contributed by atoms with van der Waals surface area (Å²) in [6, 6.07) is 6.55. The fourth-order valence-corrected chi connectivity index (χ4v) is 3.73. The summed E-state index contributed by atoms with van der Waals surface area (Å²) in [5.41, 5.74) is 0.189.